The number of halogens is 1. The van der Waals surface area contributed by atoms with Crippen molar-refractivity contribution < 1.29 is 0 Å². The highest BCUT2D eigenvalue weighted by Crippen LogP contribution is 2.31. The van der Waals surface area contributed by atoms with Crippen molar-refractivity contribution in [1.29, 1.82) is 0 Å². The van der Waals surface area contributed by atoms with Crippen LogP contribution in [0.15, 0.2) is 18.2 Å². The molecule has 1 rings (SSSR count). The van der Waals surface area contributed by atoms with E-state index < -0.39 is 0 Å². The zero-order chi connectivity index (χ0) is 13.5. The number of para-hydroxylation sites is 1. The van der Waals surface area contributed by atoms with Crippen LogP contribution < -0.4 is 10.2 Å². The molecule has 0 bridgehead atoms. The van der Waals surface area contributed by atoms with Crippen molar-refractivity contribution in [1.82, 2.24) is 5.32 Å². The van der Waals surface area contributed by atoms with E-state index in [1.165, 1.54) is 11.3 Å². The molecule has 1 aromatic rings. The highest BCUT2D eigenvalue weighted by molar-refractivity contribution is 6.33. The van der Waals surface area contributed by atoms with E-state index in [0.29, 0.717) is 6.04 Å². The van der Waals surface area contributed by atoms with Gasteiger partial charge in [-0.05, 0) is 31.0 Å². The standard InChI is InChI=1S/C15H25ClN2/c1-5-13(6-2)18(4)15-12(11-17-7-3)9-8-10-14(15)16/h8-10,13,17H,5-7,11H2,1-4H3. The van der Waals surface area contributed by atoms with Gasteiger partial charge in [-0.15, -0.1) is 0 Å². The Morgan fingerprint density at radius 3 is 2.44 bits per heavy atom. The van der Waals surface area contributed by atoms with Crippen LogP contribution in [-0.2, 0) is 6.54 Å². The molecule has 0 aliphatic heterocycles. The zero-order valence-corrected chi connectivity index (χ0v) is 12.7. The van der Waals surface area contributed by atoms with Gasteiger partial charge in [-0.3, -0.25) is 0 Å². The Labute approximate surface area is 116 Å². The van der Waals surface area contributed by atoms with Gasteiger partial charge in [-0.25, -0.2) is 0 Å². The lowest BCUT2D eigenvalue weighted by atomic mass is 10.1. The van der Waals surface area contributed by atoms with Crippen molar-refractivity contribution in [2.24, 2.45) is 0 Å². The van der Waals surface area contributed by atoms with E-state index in [0.717, 1.165) is 31.0 Å². The molecule has 0 heterocycles. The molecular weight excluding hydrogens is 244 g/mol. The Kier molecular flexibility index (Phi) is 6.51. The molecule has 0 aliphatic rings. The summed E-state index contributed by atoms with van der Waals surface area (Å²) >= 11 is 6.39. The average molecular weight is 269 g/mol. The summed E-state index contributed by atoms with van der Waals surface area (Å²) in [5.74, 6) is 0. The summed E-state index contributed by atoms with van der Waals surface area (Å²) in [7, 11) is 2.15. The zero-order valence-electron chi connectivity index (χ0n) is 12.0. The number of hydrogen-bond acceptors (Lipinski definition) is 2. The van der Waals surface area contributed by atoms with E-state index in [1.807, 2.05) is 12.1 Å². The second-order valence-electron chi connectivity index (χ2n) is 4.61. The van der Waals surface area contributed by atoms with Gasteiger partial charge in [-0.1, -0.05) is 44.5 Å². The molecule has 0 aliphatic carbocycles. The number of rotatable bonds is 7. The minimum Gasteiger partial charge on any atom is -0.370 e. The van der Waals surface area contributed by atoms with Gasteiger partial charge in [0.05, 0.1) is 10.7 Å². The normalized spacial score (nSPS) is 11.0. The molecule has 1 aromatic carbocycles. The smallest absolute Gasteiger partial charge is 0.0642 e. The lowest BCUT2D eigenvalue weighted by Gasteiger charge is -2.31. The van der Waals surface area contributed by atoms with Crippen LogP contribution in [0.5, 0.6) is 0 Å². The van der Waals surface area contributed by atoms with E-state index in [4.69, 9.17) is 11.6 Å². The molecule has 1 N–H and O–H groups in total. The third-order valence-electron chi connectivity index (χ3n) is 3.48. The molecule has 0 aromatic heterocycles. The van der Waals surface area contributed by atoms with Crippen LogP contribution in [0.25, 0.3) is 0 Å². The molecule has 3 heteroatoms. The maximum absolute atomic E-state index is 6.39. The summed E-state index contributed by atoms with van der Waals surface area (Å²) in [4.78, 5) is 2.33. The van der Waals surface area contributed by atoms with E-state index in [2.05, 4.69) is 44.1 Å². The maximum Gasteiger partial charge on any atom is 0.0642 e. The van der Waals surface area contributed by atoms with Gasteiger partial charge in [0.25, 0.3) is 0 Å². The first-order valence-corrected chi connectivity index (χ1v) is 7.24. The Morgan fingerprint density at radius 1 is 1.22 bits per heavy atom. The molecule has 0 fully saturated rings. The van der Waals surface area contributed by atoms with Crippen LogP contribution in [0, 0.1) is 0 Å². The highest BCUT2D eigenvalue weighted by atomic mass is 35.5. The molecular formula is C15H25ClN2. The van der Waals surface area contributed by atoms with Crippen LogP contribution in [0.3, 0.4) is 0 Å². The van der Waals surface area contributed by atoms with Gasteiger partial charge in [0.1, 0.15) is 0 Å². The van der Waals surface area contributed by atoms with Gasteiger partial charge in [0.15, 0.2) is 0 Å². The Hall–Kier alpha value is -0.730. The Bertz CT molecular complexity index is 362. The number of anilines is 1. The minimum absolute atomic E-state index is 0.547. The van der Waals surface area contributed by atoms with Gasteiger partial charge in [0, 0.05) is 19.6 Å². The molecule has 102 valence electrons. The molecule has 0 unspecified atom stereocenters. The first-order chi connectivity index (χ1) is 8.65. The third kappa shape index (κ3) is 3.63. The van der Waals surface area contributed by atoms with Crippen LogP contribution in [0.1, 0.15) is 39.2 Å². The fourth-order valence-electron chi connectivity index (χ4n) is 2.38. The van der Waals surface area contributed by atoms with Crippen LogP contribution >= 0.6 is 11.6 Å². The summed E-state index contributed by atoms with van der Waals surface area (Å²) in [6, 6.07) is 6.71. The second kappa shape index (κ2) is 7.65. The van der Waals surface area contributed by atoms with Crippen LogP contribution in [0.2, 0.25) is 5.02 Å². The fourth-order valence-corrected chi connectivity index (χ4v) is 2.70. The van der Waals surface area contributed by atoms with Crippen LogP contribution in [0.4, 0.5) is 5.69 Å². The van der Waals surface area contributed by atoms with Gasteiger partial charge >= 0.3 is 0 Å². The Balaban J connectivity index is 3.04. The third-order valence-corrected chi connectivity index (χ3v) is 3.78. The fraction of sp³-hybridized carbons (Fsp3) is 0.600. The first-order valence-electron chi connectivity index (χ1n) is 6.86. The number of hydrogen-bond donors (Lipinski definition) is 1. The monoisotopic (exact) mass is 268 g/mol. The summed E-state index contributed by atoms with van der Waals surface area (Å²) < 4.78 is 0. The summed E-state index contributed by atoms with van der Waals surface area (Å²) in [5.41, 5.74) is 2.45. The summed E-state index contributed by atoms with van der Waals surface area (Å²) in [6.45, 7) is 8.42. The second-order valence-corrected chi connectivity index (χ2v) is 5.02. The van der Waals surface area contributed by atoms with Crippen molar-refractivity contribution in [3.05, 3.63) is 28.8 Å². The van der Waals surface area contributed by atoms with Gasteiger partial charge in [0.2, 0.25) is 0 Å². The minimum atomic E-state index is 0.547. The summed E-state index contributed by atoms with van der Waals surface area (Å²) in [6.07, 6.45) is 2.28. The SMILES string of the molecule is CCNCc1cccc(Cl)c1N(C)C(CC)CC. The molecule has 0 radical (unpaired) electrons. The molecule has 2 nitrogen and oxygen atoms in total. The number of benzene rings is 1. The van der Waals surface area contributed by atoms with E-state index in [1.54, 1.807) is 0 Å². The lowest BCUT2D eigenvalue weighted by molar-refractivity contribution is 0.588. The predicted octanol–water partition coefficient (Wildman–Crippen LogP) is 4.07. The van der Waals surface area contributed by atoms with E-state index >= 15 is 0 Å². The van der Waals surface area contributed by atoms with E-state index in [9.17, 15) is 0 Å². The van der Waals surface area contributed by atoms with Crippen LogP contribution in [-0.4, -0.2) is 19.6 Å². The molecule has 0 saturated heterocycles. The Morgan fingerprint density at radius 2 is 1.89 bits per heavy atom. The van der Waals surface area contributed by atoms with Crippen molar-refractivity contribution >= 4 is 17.3 Å². The quantitative estimate of drug-likeness (QED) is 0.802. The number of nitrogens with zero attached hydrogens (tertiary/aromatic N) is 1. The lowest BCUT2D eigenvalue weighted by Crippen LogP contribution is -2.32. The van der Waals surface area contributed by atoms with Crippen molar-refractivity contribution in [3.8, 4) is 0 Å². The predicted molar refractivity (Wildman–Crippen MR) is 81.6 cm³/mol. The van der Waals surface area contributed by atoms with Crippen molar-refractivity contribution in [3.63, 3.8) is 0 Å². The molecule has 18 heavy (non-hydrogen) atoms. The highest BCUT2D eigenvalue weighted by Gasteiger charge is 2.17. The largest absolute Gasteiger partial charge is 0.370 e. The molecule has 0 saturated carbocycles. The molecule has 0 spiro atoms. The van der Waals surface area contributed by atoms with Gasteiger partial charge < -0.3 is 10.2 Å². The topological polar surface area (TPSA) is 15.3 Å². The van der Waals surface area contributed by atoms with Gasteiger partial charge in [-0.2, -0.15) is 0 Å². The maximum atomic E-state index is 6.39. The first kappa shape index (κ1) is 15.3. The average Bonchev–Trinajstić information content (AvgIpc) is 2.37. The molecule has 0 atom stereocenters. The molecule has 0 amide bonds. The van der Waals surface area contributed by atoms with E-state index in [-0.39, 0.29) is 0 Å². The summed E-state index contributed by atoms with van der Waals surface area (Å²) in [5, 5.41) is 4.22. The van der Waals surface area contributed by atoms with Crippen molar-refractivity contribution in [2.75, 3.05) is 18.5 Å². The van der Waals surface area contributed by atoms with Crippen molar-refractivity contribution in [2.45, 2.75) is 46.2 Å². The number of nitrogens with one attached hydrogen (secondary N) is 1.